The molecule has 4 amide bonds. The Morgan fingerprint density at radius 1 is 0.500 bits per heavy atom. The summed E-state index contributed by atoms with van der Waals surface area (Å²) >= 11 is 0. The van der Waals surface area contributed by atoms with Crippen molar-refractivity contribution in [1.82, 2.24) is 40.4 Å². The summed E-state index contributed by atoms with van der Waals surface area (Å²) in [6, 6.07) is 20.4. The van der Waals surface area contributed by atoms with Crippen molar-refractivity contribution in [2.75, 3.05) is 86.7 Å². The van der Waals surface area contributed by atoms with E-state index in [1.807, 2.05) is 12.1 Å². The Hall–Kier alpha value is -5.94. The summed E-state index contributed by atoms with van der Waals surface area (Å²) in [7, 11) is 0. The summed E-state index contributed by atoms with van der Waals surface area (Å²) in [5.41, 5.74) is 1.11. The molecule has 0 unspecified atom stereocenters. The van der Waals surface area contributed by atoms with Gasteiger partial charge in [-0.05, 0) is 36.4 Å². The van der Waals surface area contributed by atoms with Gasteiger partial charge in [0.25, 0.3) is 11.8 Å². The Morgan fingerprint density at radius 2 is 0.865 bits per heavy atom. The highest BCUT2D eigenvalue weighted by Crippen LogP contribution is 2.24. The number of aromatic nitrogens is 4. The SMILES string of the molecule is O=C(CN1CCNCC1)Nc1cccc(NC(=O)c2ccc3ccc4ccc(C(=O)Nc5cccc(NC(=O)CN6CCNCC6)n5)nc4c3n2)n1. The van der Waals surface area contributed by atoms with Gasteiger partial charge in [0.05, 0.1) is 24.1 Å². The first kappa shape index (κ1) is 34.5. The zero-order valence-corrected chi connectivity index (χ0v) is 28.3. The van der Waals surface area contributed by atoms with E-state index in [2.05, 4.69) is 61.6 Å². The molecule has 266 valence electrons. The second-order valence-corrected chi connectivity index (χ2v) is 12.5. The first-order valence-corrected chi connectivity index (χ1v) is 17.1. The summed E-state index contributed by atoms with van der Waals surface area (Å²) in [6.45, 7) is 7.04. The average Bonchev–Trinajstić information content (AvgIpc) is 3.15. The first-order valence-electron chi connectivity index (χ1n) is 17.1. The Morgan fingerprint density at radius 3 is 1.27 bits per heavy atom. The van der Waals surface area contributed by atoms with Crippen molar-refractivity contribution in [3.05, 3.63) is 84.2 Å². The van der Waals surface area contributed by atoms with Gasteiger partial charge in [-0.1, -0.05) is 36.4 Å². The molecule has 0 atom stereocenters. The molecular weight excluding hydrogens is 664 g/mol. The van der Waals surface area contributed by atoms with Crippen LogP contribution in [0.4, 0.5) is 23.3 Å². The zero-order chi connectivity index (χ0) is 35.9. The molecule has 0 spiro atoms. The second-order valence-electron chi connectivity index (χ2n) is 12.5. The average molecular weight is 703 g/mol. The Kier molecular flexibility index (Phi) is 10.6. The van der Waals surface area contributed by atoms with Crippen LogP contribution in [-0.4, -0.2) is 119 Å². The third-order valence-corrected chi connectivity index (χ3v) is 8.65. The van der Waals surface area contributed by atoms with Crippen LogP contribution in [0.15, 0.2) is 72.8 Å². The van der Waals surface area contributed by atoms with E-state index in [1.165, 1.54) is 0 Å². The predicted octanol–water partition coefficient (Wildman–Crippen LogP) is 1.77. The molecule has 2 saturated heterocycles. The van der Waals surface area contributed by atoms with Crippen LogP contribution in [0, 0.1) is 0 Å². The minimum absolute atomic E-state index is 0.117. The van der Waals surface area contributed by atoms with Crippen molar-refractivity contribution in [1.29, 1.82) is 0 Å². The van der Waals surface area contributed by atoms with Crippen LogP contribution in [0.25, 0.3) is 21.8 Å². The lowest BCUT2D eigenvalue weighted by Crippen LogP contribution is -2.46. The van der Waals surface area contributed by atoms with Crippen LogP contribution in [-0.2, 0) is 9.59 Å². The Labute approximate surface area is 298 Å². The molecule has 0 radical (unpaired) electrons. The summed E-state index contributed by atoms with van der Waals surface area (Å²) in [5, 5.41) is 19.1. The van der Waals surface area contributed by atoms with Crippen LogP contribution in [0.5, 0.6) is 0 Å². The number of nitrogens with one attached hydrogen (secondary N) is 6. The van der Waals surface area contributed by atoms with Gasteiger partial charge in [0.2, 0.25) is 11.8 Å². The smallest absolute Gasteiger partial charge is 0.275 e. The largest absolute Gasteiger partial charge is 0.314 e. The number of hydrogen-bond acceptors (Lipinski definition) is 12. The number of rotatable bonds is 10. The maximum atomic E-state index is 13.3. The zero-order valence-electron chi connectivity index (χ0n) is 28.3. The summed E-state index contributed by atoms with van der Waals surface area (Å²) in [6.07, 6.45) is 0. The van der Waals surface area contributed by atoms with E-state index < -0.39 is 11.8 Å². The number of carbonyl (C=O) groups excluding carboxylic acids is 4. The number of fused-ring (bicyclic) bond motifs is 3. The molecule has 2 aliphatic rings. The first-order chi connectivity index (χ1) is 25.4. The number of benzene rings is 1. The third kappa shape index (κ3) is 8.67. The van der Waals surface area contributed by atoms with Crippen LogP contribution < -0.4 is 31.9 Å². The van der Waals surface area contributed by atoms with E-state index >= 15 is 0 Å². The van der Waals surface area contributed by atoms with E-state index in [1.54, 1.807) is 60.7 Å². The second kappa shape index (κ2) is 15.9. The Balaban J connectivity index is 1.03. The molecule has 0 aliphatic carbocycles. The van der Waals surface area contributed by atoms with E-state index in [0.29, 0.717) is 22.7 Å². The van der Waals surface area contributed by atoms with Gasteiger partial charge >= 0.3 is 0 Å². The minimum Gasteiger partial charge on any atom is -0.314 e. The minimum atomic E-state index is -0.504. The molecule has 2 aliphatic heterocycles. The molecule has 16 heteroatoms. The third-order valence-electron chi connectivity index (χ3n) is 8.65. The highest BCUT2D eigenvalue weighted by Gasteiger charge is 2.18. The number of amides is 4. The topological polar surface area (TPSA) is 198 Å². The van der Waals surface area contributed by atoms with Gasteiger partial charge in [-0.15, -0.1) is 0 Å². The van der Waals surface area contributed by atoms with Crippen molar-refractivity contribution in [3.63, 3.8) is 0 Å². The number of pyridine rings is 4. The van der Waals surface area contributed by atoms with Crippen molar-refractivity contribution < 1.29 is 19.2 Å². The maximum absolute atomic E-state index is 13.3. The maximum Gasteiger partial charge on any atom is 0.275 e. The Bertz CT molecular complexity index is 1980. The molecule has 16 nitrogen and oxygen atoms in total. The molecule has 52 heavy (non-hydrogen) atoms. The van der Waals surface area contributed by atoms with Gasteiger partial charge < -0.3 is 31.9 Å². The van der Waals surface area contributed by atoms with Gasteiger partial charge in [0.15, 0.2) is 0 Å². The van der Waals surface area contributed by atoms with Gasteiger partial charge in [0.1, 0.15) is 34.7 Å². The molecule has 0 bridgehead atoms. The number of anilines is 4. The fourth-order valence-corrected chi connectivity index (χ4v) is 6.04. The number of piperazine rings is 2. The van der Waals surface area contributed by atoms with Crippen molar-refractivity contribution in [3.8, 4) is 0 Å². The highest BCUT2D eigenvalue weighted by atomic mass is 16.2. The van der Waals surface area contributed by atoms with E-state index in [-0.39, 0.29) is 47.9 Å². The standard InChI is InChI=1S/C36H38N12O4/c49-31(21-47-17-13-37-14-18-47)43-27-3-1-5-29(41-27)45-35(51)25-11-9-23-7-8-24-10-12-26(40-34(24)33(23)39-25)36(52)46-30-6-2-4-28(42-30)44-32(50)22-48-19-15-38-16-20-48/h1-12,37-38H,13-22H2,(H2,41,43,45,49,51)(H2,42,44,46,50,52). The molecule has 6 N–H and O–H groups in total. The van der Waals surface area contributed by atoms with E-state index in [9.17, 15) is 19.2 Å². The monoisotopic (exact) mass is 702 g/mol. The van der Waals surface area contributed by atoms with Gasteiger partial charge in [0, 0.05) is 63.1 Å². The van der Waals surface area contributed by atoms with Crippen LogP contribution in [0.1, 0.15) is 21.0 Å². The number of carbonyl (C=O) groups is 4. The van der Waals surface area contributed by atoms with E-state index in [4.69, 9.17) is 0 Å². The molecule has 6 heterocycles. The quantitative estimate of drug-likeness (QED) is 0.116. The molecular formula is C36H38N12O4. The normalized spacial score (nSPS) is 15.2. The lowest BCUT2D eigenvalue weighted by atomic mass is 10.1. The molecule has 1 aromatic carbocycles. The summed E-state index contributed by atoms with van der Waals surface area (Å²) < 4.78 is 0. The summed E-state index contributed by atoms with van der Waals surface area (Å²) in [4.78, 5) is 73.9. The lowest BCUT2D eigenvalue weighted by molar-refractivity contribution is -0.118. The highest BCUT2D eigenvalue weighted by molar-refractivity contribution is 6.09. The summed E-state index contributed by atoms with van der Waals surface area (Å²) in [5.74, 6) is -0.234. The lowest BCUT2D eigenvalue weighted by Gasteiger charge is -2.26. The molecule has 4 aromatic heterocycles. The molecule has 7 rings (SSSR count). The fraction of sp³-hybridized carbons (Fsp3) is 0.278. The van der Waals surface area contributed by atoms with E-state index in [0.717, 1.165) is 63.1 Å². The van der Waals surface area contributed by atoms with Gasteiger partial charge in [-0.2, -0.15) is 0 Å². The van der Waals surface area contributed by atoms with Gasteiger partial charge in [-0.25, -0.2) is 19.9 Å². The number of hydrogen-bond donors (Lipinski definition) is 6. The van der Waals surface area contributed by atoms with Crippen molar-refractivity contribution in [2.45, 2.75) is 0 Å². The van der Waals surface area contributed by atoms with Gasteiger partial charge in [-0.3, -0.25) is 29.0 Å². The van der Waals surface area contributed by atoms with Crippen LogP contribution >= 0.6 is 0 Å². The van der Waals surface area contributed by atoms with Crippen LogP contribution in [0.2, 0.25) is 0 Å². The molecule has 0 saturated carbocycles. The molecule has 2 fully saturated rings. The van der Waals surface area contributed by atoms with Crippen molar-refractivity contribution in [2.24, 2.45) is 0 Å². The van der Waals surface area contributed by atoms with Crippen LogP contribution in [0.3, 0.4) is 0 Å². The molecule has 5 aromatic rings. The predicted molar refractivity (Wildman–Crippen MR) is 197 cm³/mol. The number of nitrogens with zero attached hydrogens (tertiary/aromatic N) is 6. The van der Waals surface area contributed by atoms with Crippen molar-refractivity contribution >= 4 is 68.7 Å². The fourth-order valence-electron chi connectivity index (χ4n) is 6.04.